The van der Waals surface area contributed by atoms with Gasteiger partial charge in [-0.1, -0.05) is 0 Å². The molecule has 140 valence electrons. The van der Waals surface area contributed by atoms with E-state index in [4.69, 9.17) is 17.0 Å². The Labute approximate surface area is 151 Å². The van der Waals surface area contributed by atoms with Crippen LogP contribution in [0.25, 0.3) is 0 Å². The number of ketones is 1. The lowest BCUT2D eigenvalue weighted by atomic mass is 10.1. The van der Waals surface area contributed by atoms with Crippen LogP contribution in [0.4, 0.5) is 0 Å². The first kappa shape index (κ1) is 20.3. The highest BCUT2D eigenvalue weighted by atomic mass is 32.1. The topological polar surface area (TPSA) is 105 Å². The molecule has 1 aromatic heterocycles. The van der Waals surface area contributed by atoms with E-state index in [9.17, 15) is 19.8 Å². The average Bonchev–Trinajstić information content (AvgIpc) is 2.75. The zero-order chi connectivity index (χ0) is 18.9. The van der Waals surface area contributed by atoms with Gasteiger partial charge in [-0.25, -0.2) is 0 Å². The lowest BCUT2D eigenvalue weighted by Gasteiger charge is -2.19. The Hall–Kier alpha value is -1.05. The molecule has 0 bridgehead atoms. The Morgan fingerprint density at radius 1 is 1.44 bits per heavy atom. The molecular weight excluding hydrogens is 363 g/mol. The zero-order valence-electron chi connectivity index (χ0n) is 14.6. The Bertz CT molecular complexity index is 811. The van der Waals surface area contributed by atoms with Gasteiger partial charge in [-0.05, 0) is 45.1 Å². The van der Waals surface area contributed by atoms with E-state index in [2.05, 4.69) is 24.6 Å². The number of rotatable bonds is 6. The monoisotopic (exact) mass is 388 g/mol. The summed E-state index contributed by atoms with van der Waals surface area (Å²) in [5.41, 5.74) is -0.204. The van der Waals surface area contributed by atoms with Gasteiger partial charge in [0, 0.05) is 18.2 Å². The van der Waals surface area contributed by atoms with Crippen molar-refractivity contribution >= 4 is 31.2 Å². The predicted octanol–water partition coefficient (Wildman–Crippen LogP) is 0.756. The second kappa shape index (κ2) is 7.68. The lowest BCUT2D eigenvalue weighted by molar-refractivity contribution is -0.116. The lowest BCUT2D eigenvalue weighted by Crippen LogP contribution is -2.32. The minimum absolute atomic E-state index is 0.0417. The third-order valence-corrected chi connectivity index (χ3v) is 5.89. The van der Waals surface area contributed by atoms with Crippen molar-refractivity contribution in [2.75, 3.05) is 19.5 Å². The molecule has 1 saturated heterocycles. The molecule has 9 heteroatoms. The molecule has 4 atom stereocenters. The first-order valence-electron chi connectivity index (χ1n) is 8.02. The van der Waals surface area contributed by atoms with Crippen LogP contribution < -0.4 is 5.56 Å². The first-order chi connectivity index (χ1) is 11.5. The van der Waals surface area contributed by atoms with E-state index in [0.29, 0.717) is 6.42 Å². The van der Waals surface area contributed by atoms with Crippen LogP contribution in [0.5, 0.6) is 0 Å². The number of nitrogens with zero attached hydrogens (tertiary/aromatic N) is 1. The Kier molecular flexibility index (Phi) is 6.22. The first-order valence-corrected chi connectivity index (χ1v) is 11.5. The van der Waals surface area contributed by atoms with Crippen LogP contribution >= 0.6 is 19.1 Å². The van der Waals surface area contributed by atoms with Crippen molar-refractivity contribution < 1.29 is 19.7 Å². The average molecular weight is 388 g/mol. The standard InChI is InChI=1S/C16H25N2O5PS/c1-9(19)7-10-8-18(16(25)17-14(10)22)15-13(21)12(20)11(23-15)5-6-24(2,3)4/h8,11-13,15,20-21H,2,5-7H2,1,3-4H3,(H,17,22,25)/t11-,12-,13-,15?/m1/s1. The largest absolute Gasteiger partial charge is 0.388 e. The van der Waals surface area contributed by atoms with Gasteiger partial charge in [0.05, 0.1) is 6.10 Å². The van der Waals surface area contributed by atoms with E-state index in [1.165, 1.54) is 17.7 Å². The molecule has 1 fully saturated rings. The third-order valence-electron chi connectivity index (χ3n) is 4.11. The normalized spacial score (nSPS) is 26.8. The van der Waals surface area contributed by atoms with Crippen LogP contribution in [0.15, 0.2) is 11.0 Å². The highest BCUT2D eigenvalue weighted by molar-refractivity contribution is 7.72. The highest BCUT2D eigenvalue weighted by Gasteiger charge is 2.43. The number of hydrogen-bond acceptors (Lipinski definition) is 6. The summed E-state index contributed by atoms with van der Waals surface area (Å²) >= 11 is 5.15. The summed E-state index contributed by atoms with van der Waals surface area (Å²) in [6.45, 7) is 4.29. The summed E-state index contributed by atoms with van der Waals surface area (Å²) in [4.78, 5) is 25.7. The second-order valence-electron chi connectivity index (χ2n) is 7.19. The summed E-state index contributed by atoms with van der Waals surface area (Å²) in [6.07, 6.45) is 3.22. The highest BCUT2D eigenvalue weighted by Crippen LogP contribution is 2.39. The summed E-state index contributed by atoms with van der Waals surface area (Å²) in [5.74, 6) is -0.165. The van der Waals surface area contributed by atoms with Crippen molar-refractivity contribution in [3.8, 4) is 0 Å². The number of carbonyl (C=O) groups is 1. The summed E-state index contributed by atoms with van der Waals surface area (Å²) in [7, 11) is 0. The fourth-order valence-electron chi connectivity index (χ4n) is 2.78. The molecule has 0 amide bonds. The molecule has 0 aliphatic carbocycles. The van der Waals surface area contributed by atoms with Gasteiger partial charge in [0.1, 0.15) is 18.0 Å². The van der Waals surface area contributed by atoms with Gasteiger partial charge in [0.2, 0.25) is 0 Å². The molecule has 1 aliphatic rings. The van der Waals surface area contributed by atoms with Gasteiger partial charge in [0.15, 0.2) is 11.0 Å². The number of aromatic nitrogens is 2. The molecule has 0 radical (unpaired) electrons. The van der Waals surface area contributed by atoms with E-state index < -0.39 is 37.0 Å². The van der Waals surface area contributed by atoms with Crippen LogP contribution in [0.2, 0.25) is 0 Å². The van der Waals surface area contributed by atoms with Crippen LogP contribution in [-0.2, 0) is 16.0 Å². The molecule has 0 aromatic carbocycles. The molecule has 2 heterocycles. The summed E-state index contributed by atoms with van der Waals surface area (Å²) in [5, 5.41) is 20.7. The fourth-order valence-corrected chi connectivity index (χ4v) is 3.99. The van der Waals surface area contributed by atoms with E-state index in [-0.39, 0.29) is 22.5 Å². The SMILES string of the molecule is C=P(C)(C)CC[C@H]1OC(n2cc(CC(C)=O)c(=O)[nH]c2=S)[C@H](O)[C@@H]1O. The number of ether oxygens (including phenoxy) is 1. The summed E-state index contributed by atoms with van der Waals surface area (Å²) < 4.78 is 7.29. The van der Waals surface area contributed by atoms with Gasteiger partial charge < -0.3 is 14.9 Å². The van der Waals surface area contributed by atoms with Gasteiger partial charge in [-0.15, -0.1) is 13.2 Å². The van der Waals surface area contributed by atoms with E-state index in [1.807, 2.05) is 0 Å². The number of Topliss-reactive ketones (excluding diaryl/α,β-unsaturated/α-hetero) is 1. The van der Waals surface area contributed by atoms with Crippen LogP contribution in [0.1, 0.15) is 25.1 Å². The number of hydrogen-bond donors (Lipinski definition) is 3. The van der Waals surface area contributed by atoms with Crippen LogP contribution in [0, 0.1) is 4.77 Å². The number of aliphatic hydroxyl groups excluding tert-OH is 2. The Morgan fingerprint density at radius 3 is 2.64 bits per heavy atom. The number of carbonyl (C=O) groups excluding carboxylic acids is 1. The molecular formula is C16H25N2O5PS. The van der Waals surface area contributed by atoms with Crippen molar-refractivity contribution in [3.63, 3.8) is 0 Å². The maximum Gasteiger partial charge on any atom is 0.255 e. The molecule has 25 heavy (non-hydrogen) atoms. The number of nitrogens with one attached hydrogen (secondary N) is 1. The van der Waals surface area contributed by atoms with Crippen molar-refractivity contribution in [2.45, 2.75) is 44.3 Å². The molecule has 3 N–H and O–H groups in total. The van der Waals surface area contributed by atoms with Crippen LogP contribution in [0.3, 0.4) is 0 Å². The molecule has 7 nitrogen and oxygen atoms in total. The smallest absolute Gasteiger partial charge is 0.255 e. The van der Waals surface area contributed by atoms with Crippen molar-refractivity contribution in [1.29, 1.82) is 0 Å². The zero-order valence-corrected chi connectivity index (χ0v) is 16.3. The number of H-pyrrole nitrogens is 1. The molecule has 0 saturated carbocycles. The van der Waals surface area contributed by atoms with Gasteiger partial charge >= 0.3 is 0 Å². The van der Waals surface area contributed by atoms with E-state index >= 15 is 0 Å². The third kappa shape index (κ3) is 4.99. The maximum absolute atomic E-state index is 11.9. The fraction of sp³-hybridized carbons (Fsp3) is 0.625. The van der Waals surface area contributed by atoms with Crippen molar-refractivity contribution in [3.05, 3.63) is 26.9 Å². The minimum Gasteiger partial charge on any atom is -0.388 e. The summed E-state index contributed by atoms with van der Waals surface area (Å²) in [6, 6.07) is 0. The Balaban J connectivity index is 2.29. The quantitative estimate of drug-likeness (QED) is 0.491. The van der Waals surface area contributed by atoms with E-state index in [1.54, 1.807) is 0 Å². The van der Waals surface area contributed by atoms with E-state index in [0.717, 1.165) is 6.16 Å². The molecule has 1 aromatic rings. The van der Waals surface area contributed by atoms with Crippen molar-refractivity contribution in [1.82, 2.24) is 9.55 Å². The number of aliphatic hydroxyl groups is 2. The maximum atomic E-state index is 11.9. The second-order valence-corrected chi connectivity index (χ2v) is 11.9. The van der Waals surface area contributed by atoms with Crippen molar-refractivity contribution in [2.24, 2.45) is 0 Å². The van der Waals surface area contributed by atoms with Gasteiger partial charge in [0.25, 0.3) is 5.56 Å². The van der Waals surface area contributed by atoms with Gasteiger partial charge in [-0.3, -0.25) is 19.1 Å². The molecule has 1 unspecified atom stereocenters. The minimum atomic E-state index is -1.28. The Morgan fingerprint density at radius 2 is 2.08 bits per heavy atom. The predicted molar refractivity (Wildman–Crippen MR) is 102 cm³/mol. The van der Waals surface area contributed by atoms with Crippen LogP contribution in [-0.4, -0.2) is 69.7 Å². The molecule has 0 spiro atoms. The molecule has 2 rings (SSSR count). The van der Waals surface area contributed by atoms with Gasteiger partial charge in [-0.2, -0.15) is 0 Å². The number of aromatic amines is 1. The molecule has 1 aliphatic heterocycles.